The summed E-state index contributed by atoms with van der Waals surface area (Å²) in [6.45, 7) is 4.86. The number of hydrogen-bond donors (Lipinski definition) is 1. The number of piperidine rings is 1. The zero-order valence-corrected chi connectivity index (χ0v) is 23.1. The lowest BCUT2D eigenvalue weighted by Gasteiger charge is -2.30. The Morgan fingerprint density at radius 2 is 1.95 bits per heavy atom. The smallest absolute Gasteiger partial charge is 0.310 e. The zero-order valence-electron chi connectivity index (χ0n) is 23.1. The molecule has 0 saturated carbocycles. The SMILES string of the molecule is CCOC(=O)[C@@H]1CCCN(C(=O)c2coc(CN(CCc3c[nH]c4ccccc34)Cc3ccccc3OC)n2)C1. The molecule has 4 aromatic rings. The van der Waals surface area contributed by atoms with Gasteiger partial charge in [0.1, 0.15) is 12.0 Å². The maximum absolute atomic E-state index is 13.2. The number of likely N-dealkylation sites (tertiary alicyclic amines) is 1. The first-order valence-corrected chi connectivity index (χ1v) is 13.8. The second-order valence-electron chi connectivity index (χ2n) is 10.1. The van der Waals surface area contributed by atoms with Gasteiger partial charge in [-0.3, -0.25) is 14.5 Å². The first kappa shape index (κ1) is 27.5. The molecule has 2 aromatic heterocycles. The van der Waals surface area contributed by atoms with Gasteiger partial charge in [0.15, 0.2) is 5.69 Å². The zero-order chi connectivity index (χ0) is 27.9. The van der Waals surface area contributed by atoms with E-state index in [-0.39, 0.29) is 23.5 Å². The minimum atomic E-state index is -0.301. The molecule has 0 radical (unpaired) electrons. The molecule has 1 atom stereocenters. The third-order valence-electron chi connectivity index (χ3n) is 7.42. The van der Waals surface area contributed by atoms with Gasteiger partial charge in [0.25, 0.3) is 5.91 Å². The highest BCUT2D eigenvalue weighted by molar-refractivity contribution is 5.92. The molecule has 0 aliphatic carbocycles. The molecule has 1 fully saturated rings. The lowest BCUT2D eigenvalue weighted by atomic mass is 9.98. The lowest BCUT2D eigenvalue weighted by molar-refractivity contribution is -0.149. The molecule has 0 bridgehead atoms. The van der Waals surface area contributed by atoms with Crippen molar-refractivity contribution in [1.82, 2.24) is 19.8 Å². The number of fused-ring (bicyclic) bond motifs is 1. The molecule has 2 aromatic carbocycles. The fourth-order valence-corrected chi connectivity index (χ4v) is 5.35. The number of H-pyrrole nitrogens is 1. The number of amides is 1. The lowest BCUT2D eigenvalue weighted by Crippen LogP contribution is -2.43. The van der Waals surface area contributed by atoms with E-state index in [2.05, 4.69) is 45.3 Å². The number of hydrogen-bond acceptors (Lipinski definition) is 7. The van der Waals surface area contributed by atoms with E-state index in [0.29, 0.717) is 38.7 Å². The van der Waals surface area contributed by atoms with E-state index < -0.39 is 0 Å². The van der Waals surface area contributed by atoms with Gasteiger partial charge in [0.2, 0.25) is 5.89 Å². The molecular formula is C31H36N4O5. The first-order valence-electron chi connectivity index (χ1n) is 13.8. The van der Waals surface area contributed by atoms with Crippen LogP contribution in [-0.4, -0.2) is 65.0 Å². The Balaban J connectivity index is 1.29. The number of carbonyl (C=O) groups excluding carboxylic acids is 2. The molecule has 210 valence electrons. The number of para-hydroxylation sites is 2. The minimum Gasteiger partial charge on any atom is -0.496 e. The Morgan fingerprint density at radius 3 is 2.80 bits per heavy atom. The fourth-order valence-electron chi connectivity index (χ4n) is 5.35. The van der Waals surface area contributed by atoms with Gasteiger partial charge >= 0.3 is 5.97 Å². The summed E-state index contributed by atoms with van der Waals surface area (Å²) in [6.07, 6.45) is 5.79. The monoisotopic (exact) mass is 544 g/mol. The summed E-state index contributed by atoms with van der Waals surface area (Å²) in [7, 11) is 1.67. The molecule has 5 rings (SSSR count). The van der Waals surface area contributed by atoms with Crippen LogP contribution in [0.5, 0.6) is 5.75 Å². The molecular weight excluding hydrogens is 508 g/mol. The number of oxazole rings is 1. The highest BCUT2D eigenvalue weighted by atomic mass is 16.5. The molecule has 3 heterocycles. The Morgan fingerprint density at radius 1 is 1.12 bits per heavy atom. The predicted octanol–water partition coefficient (Wildman–Crippen LogP) is 4.82. The molecule has 1 aliphatic rings. The minimum absolute atomic E-state index is 0.223. The Hall–Kier alpha value is -4.11. The van der Waals surface area contributed by atoms with Crippen molar-refractivity contribution >= 4 is 22.8 Å². The van der Waals surface area contributed by atoms with Crippen molar-refractivity contribution in [2.45, 2.75) is 39.3 Å². The van der Waals surface area contributed by atoms with E-state index in [4.69, 9.17) is 13.9 Å². The molecule has 40 heavy (non-hydrogen) atoms. The molecule has 1 amide bonds. The predicted molar refractivity (Wildman–Crippen MR) is 151 cm³/mol. The summed E-state index contributed by atoms with van der Waals surface area (Å²) in [5.41, 5.74) is 3.68. The Kier molecular flexibility index (Phi) is 8.81. The summed E-state index contributed by atoms with van der Waals surface area (Å²) in [6, 6.07) is 16.2. The van der Waals surface area contributed by atoms with Gasteiger partial charge in [-0.05, 0) is 43.9 Å². The van der Waals surface area contributed by atoms with Crippen LogP contribution in [-0.2, 0) is 29.0 Å². The van der Waals surface area contributed by atoms with Crippen LogP contribution in [0.2, 0.25) is 0 Å². The van der Waals surface area contributed by atoms with Crippen LogP contribution in [0.4, 0.5) is 0 Å². The fraction of sp³-hybridized carbons (Fsp3) is 0.387. The quantitative estimate of drug-likeness (QED) is 0.270. The topological polar surface area (TPSA) is 101 Å². The maximum Gasteiger partial charge on any atom is 0.310 e. The number of aromatic nitrogens is 2. The highest BCUT2D eigenvalue weighted by Gasteiger charge is 2.31. The Labute approximate surface area is 234 Å². The molecule has 0 spiro atoms. The number of ether oxygens (including phenoxy) is 2. The van der Waals surface area contributed by atoms with Crippen LogP contribution in [0.25, 0.3) is 10.9 Å². The average Bonchev–Trinajstić information content (AvgIpc) is 3.63. The number of carbonyl (C=O) groups is 2. The second kappa shape index (κ2) is 12.8. The molecule has 9 nitrogen and oxygen atoms in total. The standard InChI is InChI=1S/C31H36N4O5/c1-3-39-31(37)24-10-8-15-35(19-24)30(36)27-21-40-29(33-27)20-34(18-23-9-4-7-13-28(23)38-2)16-14-22-17-32-26-12-6-5-11-25(22)26/h4-7,9,11-13,17,21,24,32H,3,8,10,14-16,18-20H2,1-2H3/t24-/m1/s1. The van der Waals surface area contributed by atoms with Crippen molar-refractivity contribution in [3.63, 3.8) is 0 Å². The molecule has 0 unspecified atom stereocenters. The van der Waals surface area contributed by atoms with Gasteiger partial charge in [-0.2, -0.15) is 0 Å². The van der Waals surface area contributed by atoms with Gasteiger partial charge in [-0.15, -0.1) is 0 Å². The molecule has 1 saturated heterocycles. The first-order chi connectivity index (χ1) is 19.6. The molecule has 9 heteroatoms. The van der Waals surface area contributed by atoms with Crippen molar-refractivity contribution in [3.05, 3.63) is 83.7 Å². The molecule has 1 aliphatic heterocycles. The Bertz CT molecular complexity index is 1440. The summed E-state index contributed by atoms with van der Waals surface area (Å²) in [5, 5.41) is 1.21. The number of rotatable bonds is 11. The van der Waals surface area contributed by atoms with E-state index in [1.165, 1.54) is 17.2 Å². The number of nitrogens with zero attached hydrogens (tertiary/aromatic N) is 3. The largest absolute Gasteiger partial charge is 0.496 e. The number of benzene rings is 2. The van der Waals surface area contributed by atoms with E-state index in [9.17, 15) is 9.59 Å². The third kappa shape index (κ3) is 6.37. The third-order valence-corrected chi connectivity index (χ3v) is 7.42. The maximum atomic E-state index is 13.2. The second-order valence-corrected chi connectivity index (χ2v) is 10.1. The average molecular weight is 545 g/mol. The van der Waals surface area contributed by atoms with Crippen LogP contribution in [0.1, 0.15) is 47.3 Å². The number of nitrogens with one attached hydrogen (secondary N) is 1. The van der Waals surface area contributed by atoms with Crippen molar-refractivity contribution in [2.24, 2.45) is 5.92 Å². The van der Waals surface area contributed by atoms with Crippen molar-refractivity contribution in [2.75, 3.05) is 33.4 Å². The van der Waals surface area contributed by atoms with Gasteiger partial charge in [0.05, 0.1) is 26.2 Å². The normalized spacial score (nSPS) is 15.5. The number of methoxy groups -OCH3 is 1. The number of esters is 1. The van der Waals surface area contributed by atoms with Gasteiger partial charge in [-0.25, -0.2) is 4.98 Å². The van der Waals surface area contributed by atoms with Gasteiger partial charge in [-0.1, -0.05) is 36.4 Å². The van der Waals surface area contributed by atoms with Gasteiger partial charge in [0, 0.05) is 48.8 Å². The van der Waals surface area contributed by atoms with E-state index >= 15 is 0 Å². The molecule has 1 N–H and O–H groups in total. The van der Waals surface area contributed by atoms with Crippen LogP contribution >= 0.6 is 0 Å². The van der Waals surface area contributed by atoms with Gasteiger partial charge < -0.3 is 23.8 Å². The van der Waals surface area contributed by atoms with E-state index in [1.807, 2.05) is 24.3 Å². The number of aromatic amines is 1. The summed E-state index contributed by atoms with van der Waals surface area (Å²) < 4.78 is 16.6. The van der Waals surface area contributed by atoms with Crippen molar-refractivity contribution in [1.29, 1.82) is 0 Å². The van der Waals surface area contributed by atoms with E-state index in [1.54, 1.807) is 18.9 Å². The van der Waals surface area contributed by atoms with E-state index in [0.717, 1.165) is 42.6 Å². The summed E-state index contributed by atoms with van der Waals surface area (Å²) in [5.74, 6) is 0.521. The van der Waals surface area contributed by atoms with Crippen molar-refractivity contribution in [3.8, 4) is 5.75 Å². The van der Waals surface area contributed by atoms with Crippen LogP contribution < -0.4 is 4.74 Å². The summed E-state index contributed by atoms with van der Waals surface area (Å²) in [4.78, 5) is 37.3. The van der Waals surface area contributed by atoms with Crippen LogP contribution in [0.3, 0.4) is 0 Å². The van der Waals surface area contributed by atoms with Crippen LogP contribution in [0, 0.1) is 5.92 Å². The summed E-state index contributed by atoms with van der Waals surface area (Å²) >= 11 is 0. The highest BCUT2D eigenvalue weighted by Crippen LogP contribution is 2.24. The van der Waals surface area contributed by atoms with Crippen molar-refractivity contribution < 1.29 is 23.5 Å². The van der Waals surface area contributed by atoms with Crippen LogP contribution in [0.15, 0.2) is 65.4 Å².